The third-order valence-electron chi connectivity index (χ3n) is 7.33. The summed E-state index contributed by atoms with van der Waals surface area (Å²) in [5, 5.41) is 1.10. The normalized spacial score (nSPS) is 17.4. The molecule has 2 fully saturated rings. The summed E-state index contributed by atoms with van der Waals surface area (Å²) in [5.74, 6) is 2.45. The van der Waals surface area contributed by atoms with Gasteiger partial charge in [0.25, 0.3) is 0 Å². The van der Waals surface area contributed by atoms with Crippen LogP contribution < -0.4 is 9.64 Å². The average molecular weight is 570 g/mol. The highest BCUT2D eigenvalue weighted by molar-refractivity contribution is 6.35. The van der Waals surface area contributed by atoms with E-state index in [1.54, 1.807) is 25.4 Å². The molecule has 0 unspecified atom stereocenters. The Kier molecular flexibility index (Phi) is 8.97. The van der Waals surface area contributed by atoms with E-state index in [1.807, 2.05) is 18.2 Å². The number of likely N-dealkylation sites (N-methyl/N-ethyl adjacent to an activating group) is 1. The lowest BCUT2D eigenvalue weighted by Gasteiger charge is -2.32. The van der Waals surface area contributed by atoms with Gasteiger partial charge < -0.3 is 19.3 Å². The number of pyridine rings is 1. The molecule has 0 saturated carbocycles. The van der Waals surface area contributed by atoms with Gasteiger partial charge >= 0.3 is 0 Å². The number of halogens is 2. The lowest BCUT2D eigenvalue weighted by molar-refractivity contribution is -0.118. The van der Waals surface area contributed by atoms with Crippen molar-refractivity contribution in [2.45, 2.75) is 32.7 Å². The number of carbonyl (C=O) groups is 1. The molecule has 0 aliphatic carbocycles. The lowest BCUT2D eigenvalue weighted by atomic mass is 9.92. The van der Waals surface area contributed by atoms with Crippen molar-refractivity contribution in [1.29, 1.82) is 0 Å². The maximum atomic E-state index is 11.5. The van der Waals surface area contributed by atoms with Crippen molar-refractivity contribution in [2.75, 3.05) is 51.2 Å². The first-order valence-corrected chi connectivity index (χ1v) is 14.2. The molecule has 206 valence electrons. The standard InChI is InChI=1S/C29H34Cl2N6O2/c1-20(38)11-21-3-5-36(6-4-21)19-22-12-27(23-14-24(30)16-25(31)15-23)34-28(13-22)39-26-17-32-29(33-18-26)37-9-7-35(2)8-10-37/h12-18,21H,3-11,19H2,1-2H3. The molecule has 39 heavy (non-hydrogen) atoms. The highest BCUT2D eigenvalue weighted by Crippen LogP contribution is 2.31. The second kappa shape index (κ2) is 12.6. The maximum Gasteiger partial charge on any atom is 0.225 e. The summed E-state index contributed by atoms with van der Waals surface area (Å²) in [6.45, 7) is 8.12. The van der Waals surface area contributed by atoms with Crippen LogP contribution in [-0.2, 0) is 11.3 Å². The number of rotatable bonds is 8. The molecule has 0 radical (unpaired) electrons. The smallest absolute Gasteiger partial charge is 0.225 e. The van der Waals surface area contributed by atoms with E-state index in [0.29, 0.717) is 40.0 Å². The molecular formula is C29H34Cl2N6O2. The van der Waals surface area contributed by atoms with Gasteiger partial charge in [0.1, 0.15) is 5.78 Å². The first kappa shape index (κ1) is 27.8. The van der Waals surface area contributed by atoms with Crippen LogP contribution in [0.4, 0.5) is 5.95 Å². The third kappa shape index (κ3) is 7.66. The molecule has 2 aliphatic heterocycles. The molecule has 2 aromatic heterocycles. The van der Waals surface area contributed by atoms with Crippen LogP contribution in [0, 0.1) is 5.92 Å². The Hall–Kier alpha value is -2.78. The summed E-state index contributed by atoms with van der Waals surface area (Å²) in [6, 6.07) is 9.43. The van der Waals surface area contributed by atoms with E-state index in [-0.39, 0.29) is 5.78 Å². The van der Waals surface area contributed by atoms with Crippen molar-refractivity contribution < 1.29 is 9.53 Å². The number of hydrogen-bond acceptors (Lipinski definition) is 8. The molecule has 0 N–H and O–H groups in total. The van der Waals surface area contributed by atoms with Crippen LogP contribution in [0.25, 0.3) is 11.3 Å². The zero-order chi connectivity index (χ0) is 27.4. The Labute approximate surface area is 239 Å². The van der Waals surface area contributed by atoms with Crippen LogP contribution in [0.2, 0.25) is 10.0 Å². The zero-order valence-electron chi connectivity index (χ0n) is 22.4. The molecule has 10 heteroatoms. The predicted molar refractivity (Wildman–Crippen MR) is 155 cm³/mol. The number of ether oxygens (including phenoxy) is 1. The van der Waals surface area contributed by atoms with E-state index >= 15 is 0 Å². The van der Waals surface area contributed by atoms with Crippen LogP contribution >= 0.6 is 23.2 Å². The number of anilines is 1. The Morgan fingerprint density at radius 3 is 2.26 bits per heavy atom. The molecule has 0 amide bonds. The summed E-state index contributed by atoms with van der Waals surface area (Å²) in [5.41, 5.74) is 2.63. The molecule has 3 aromatic rings. The molecule has 4 heterocycles. The van der Waals surface area contributed by atoms with Gasteiger partial charge in [0.15, 0.2) is 5.75 Å². The number of Topliss-reactive ketones (excluding diaryl/α,β-unsaturated/α-hetero) is 1. The average Bonchev–Trinajstić information content (AvgIpc) is 2.90. The van der Waals surface area contributed by atoms with Crippen molar-refractivity contribution >= 4 is 34.9 Å². The fraction of sp³-hybridized carbons (Fsp3) is 0.448. The lowest BCUT2D eigenvalue weighted by Crippen LogP contribution is -2.45. The highest BCUT2D eigenvalue weighted by Gasteiger charge is 2.21. The molecule has 5 rings (SSSR count). The van der Waals surface area contributed by atoms with E-state index in [0.717, 1.165) is 75.5 Å². The van der Waals surface area contributed by atoms with Crippen LogP contribution in [0.5, 0.6) is 11.6 Å². The molecule has 8 nitrogen and oxygen atoms in total. The van der Waals surface area contributed by atoms with Gasteiger partial charge in [-0.2, -0.15) is 0 Å². The number of carbonyl (C=O) groups excluding carboxylic acids is 1. The Morgan fingerprint density at radius 1 is 0.949 bits per heavy atom. The summed E-state index contributed by atoms with van der Waals surface area (Å²) >= 11 is 12.6. The number of ketones is 1. The van der Waals surface area contributed by atoms with Gasteiger partial charge in [0.05, 0.1) is 18.1 Å². The molecule has 2 aliphatic rings. The van der Waals surface area contributed by atoms with Crippen molar-refractivity contribution in [3.63, 3.8) is 0 Å². The number of nitrogens with zero attached hydrogens (tertiary/aromatic N) is 6. The summed E-state index contributed by atoms with van der Waals surface area (Å²) < 4.78 is 6.17. The van der Waals surface area contributed by atoms with Gasteiger partial charge in [0, 0.05) is 60.8 Å². The van der Waals surface area contributed by atoms with Gasteiger partial charge in [-0.05, 0) is 75.6 Å². The predicted octanol–water partition coefficient (Wildman–Crippen LogP) is 5.58. The zero-order valence-corrected chi connectivity index (χ0v) is 24.0. The quantitative estimate of drug-likeness (QED) is 0.348. The van der Waals surface area contributed by atoms with Crippen LogP contribution in [0.3, 0.4) is 0 Å². The first-order valence-electron chi connectivity index (χ1n) is 13.4. The first-order chi connectivity index (χ1) is 18.8. The number of piperazine rings is 1. The molecule has 2 saturated heterocycles. The fourth-order valence-corrected chi connectivity index (χ4v) is 5.74. The fourth-order valence-electron chi connectivity index (χ4n) is 5.22. The van der Waals surface area contributed by atoms with Gasteiger partial charge in [-0.3, -0.25) is 4.90 Å². The van der Waals surface area contributed by atoms with E-state index in [1.165, 1.54) is 0 Å². The molecule has 0 atom stereocenters. The van der Waals surface area contributed by atoms with Crippen molar-refractivity contribution in [1.82, 2.24) is 24.8 Å². The van der Waals surface area contributed by atoms with Crippen LogP contribution in [0.15, 0.2) is 42.7 Å². The Balaban J connectivity index is 1.35. The van der Waals surface area contributed by atoms with Crippen LogP contribution in [0.1, 0.15) is 31.7 Å². The van der Waals surface area contributed by atoms with Crippen molar-refractivity contribution in [3.8, 4) is 22.9 Å². The second-order valence-corrected chi connectivity index (χ2v) is 11.5. The minimum Gasteiger partial charge on any atom is -0.436 e. The summed E-state index contributed by atoms with van der Waals surface area (Å²) in [4.78, 5) is 32.3. The third-order valence-corrected chi connectivity index (χ3v) is 7.77. The number of likely N-dealkylation sites (tertiary alicyclic amines) is 1. The molecule has 1 aromatic carbocycles. The van der Waals surface area contributed by atoms with Gasteiger partial charge in [-0.25, -0.2) is 15.0 Å². The van der Waals surface area contributed by atoms with Crippen molar-refractivity contribution in [2.24, 2.45) is 5.92 Å². The SMILES string of the molecule is CC(=O)CC1CCN(Cc2cc(Oc3cnc(N4CCN(C)CC4)nc3)nc(-c3cc(Cl)cc(Cl)c3)c2)CC1. The topological polar surface area (TPSA) is 74.7 Å². The van der Waals surface area contributed by atoms with E-state index in [2.05, 4.69) is 37.8 Å². The van der Waals surface area contributed by atoms with E-state index in [9.17, 15) is 4.79 Å². The summed E-state index contributed by atoms with van der Waals surface area (Å²) in [7, 11) is 2.12. The van der Waals surface area contributed by atoms with Gasteiger partial charge in [-0.1, -0.05) is 23.2 Å². The monoisotopic (exact) mass is 568 g/mol. The van der Waals surface area contributed by atoms with Crippen molar-refractivity contribution in [3.05, 3.63) is 58.3 Å². The van der Waals surface area contributed by atoms with E-state index < -0.39 is 0 Å². The minimum absolute atomic E-state index is 0.273. The number of piperidine rings is 1. The maximum absolute atomic E-state index is 11.5. The van der Waals surface area contributed by atoms with E-state index in [4.69, 9.17) is 32.9 Å². The van der Waals surface area contributed by atoms with Gasteiger partial charge in [-0.15, -0.1) is 0 Å². The molecular weight excluding hydrogens is 535 g/mol. The Bertz CT molecular complexity index is 1270. The summed E-state index contributed by atoms with van der Waals surface area (Å²) in [6.07, 6.45) is 6.13. The Morgan fingerprint density at radius 2 is 1.62 bits per heavy atom. The number of aromatic nitrogens is 3. The second-order valence-electron chi connectivity index (χ2n) is 10.6. The minimum atomic E-state index is 0.273. The molecule has 0 bridgehead atoms. The van der Waals surface area contributed by atoms with Gasteiger partial charge in [0.2, 0.25) is 11.8 Å². The number of hydrogen-bond donors (Lipinski definition) is 0. The van der Waals surface area contributed by atoms with Crippen LogP contribution in [-0.4, -0.2) is 76.9 Å². The molecule has 0 spiro atoms. The highest BCUT2D eigenvalue weighted by atomic mass is 35.5. The number of benzene rings is 1. The largest absolute Gasteiger partial charge is 0.436 e.